The number of hydrogen-bond acceptors (Lipinski definition) is 4. The third-order valence-corrected chi connectivity index (χ3v) is 3.42. The van der Waals surface area contributed by atoms with Gasteiger partial charge >= 0.3 is 6.18 Å². The van der Waals surface area contributed by atoms with Gasteiger partial charge in [-0.1, -0.05) is 0 Å². The number of methoxy groups -OCH3 is 1. The smallest absolute Gasteiger partial charge is 0.416 e. The van der Waals surface area contributed by atoms with Crippen LogP contribution in [-0.4, -0.2) is 17.1 Å². The number of rotatable bonds is 4. The fourth-order valence-corrected chi connectivity index (χ4v) is 2.18. The molecule has 0 fully saturated rings. The second-order valence-corrected chi connectivity index (χ2v) is 5.07. The van der Waals surface area contributed by atoms with Crippen molar-refractivity contribution in [1.29, 1.82) is 0 Å². The maximum Gasteiger partial charge on any atom is 0.416 e. The lowest BCUT2D eigenvalue weighted by atomic mass is 10.1. The maximum atomic E-state index is 12.6. The number of hydrogen-bond donors (Lipinski definition) is 0. The lowest BCUT2D eigenvalue weighted by molar-refractivity contribution is -0.137. The van der Waals surface area contributed by atoms with Gasteiger partial charge in [0.1, 0.15) is 5.75 Å². The van der Waals surface area contributed by atoms with Crippen molar-refractivity contribution in [1.82, 2.24) is 9.97 Å². The van der Waals surface area contributed by atoms with Gasteiger partial charge in [-0.05, 0) is 42.5 Å². The predicted molar refractivity (Wildman–Crippen MR) is 85.5 cm³/mol. The van der Waals surface area contributed by atoms with Crippen molar-refractivity contribution in [3.8, 4) is 28.6 Å². The minimum Gasteiger partial charge on any atom is -0.481 e. The van der Waals surface area contributed by atoms with Crippen LogP contribution in [-0.2, 0) is 6.18 Å². The van der Waals surface area contributed by atoms with Gasteiger partial charge in [-0.3, -0.25) is 0 Å². The third-order valence-electron chi connectivity index (χ3n) is 3.42. The van der Waals surface area contributed by atoms with Crippen LogP contribution in [0.2, 0.25) is 0 Å². The zero-order valence-electron chi connectivity index (χ0n) is 13.1. The molecule has 0 radical (unpaired) electrons. The van der Waals surface area contributed by atoms with Crippen molar-refractivity contribution >= 4 is 0 Å². The molecule has 3 aromatic rings. The quantitative estimate of drug-likeness (QED) is 0.669. The first-order valence-corrected chi connectivity index (χ1v) is 7.28. The summed E-state index contributed by atoms with van der Waals surface area (Å²) in [6.07, 6.45) is -1.24. The average molecular weight is 346 g/mol. The van der Waals surface area contributed by atoms with E-state index in [0.29, 0.717) is 11.4 Å². The van der Waals surface area contributed by atoms with Gasteiger partial charge in [0.25, 0.3) is 0 Å². The zero-order chi connectivity index (χ0) is 17.9. The van der Waals surface area contributed by atoms with Crippen LogP contribution in [0.3, 0.4) is 0 Å². The highest BCUT2D eigenvalue weighted by Crippen LogP contribution is 2.34. The molecule has 3 rings (SSSR count). The van der Waals surface area contributed by atoms with Crippen LogP contribution in [0.1, 0.15) is 5.56 Å². The van der Waals surface area contributed by atoms with E-state index < -0.39 is 11.7 Å². The van der Waals surface area contributed by atoms with E-state index in [9.17, 15) is 13.2 Å². The molecule has 2 aromatic heterocycles. The van der Waals surface area contributed by atoms with Gasteiger partial charge in [-0.25, -0.2) is 9.97 Å². The average Bonchev–Trinajstić information content (AvgIpc) is 2.62. The molecule has 0 aliphatic rings. The molecule has 0 amide bonds. The first-order valence-electron chi connectivity index (χ1n) is 7.28. The largest absolute Gasteiger partial charge is 0.481 e. The summed E-state index contributed by atoms with van der Waals surface area (Å²) in [5.74, 6) is 1.00. The number of halogens is 3. The summed E-state index contributed by atoms with van der Waals surface area (Å²) in [7, 11) is 1.52. The molecule has 0 spiro atoms. The van der Waals surface area contributed by atoms with Crippen LogP contribution in [0.4, 0.5) is 13.2 Å². The van der Waals surface area contributed by atoms with Crippen LogP contribution < -0.4 is 9.47 Å². The second kappa shape index (κ2) is 6.80. The Morgan fingerprint density at radius 2 is 1.68 bits per heavy atom. The Hall–Kier alpha value is -3.09. The van der Waals surface area contributed by atoms with Crippen molar-refractivity contribution in [2.45, 2.75) is 6.18 Å². The number of aromatic nitrogens is 2. The number of pyridine rings is 2. The molecular formula is C18H13F3N2O2. The molecule has 0 aliphatic heterocycles. The van der Waals surface area contributed by atoms with Crippen LogP contribution in [0.5, 0.6) is 17.5 Å². The summed E-state index contributed by atoms with van der Waals surface area (Å²) < 4.78 is 48.5. The summed E-state index contributed by atoms with van der Waals surface area (Å²) in [5.41, 5.74) is 0.675. The van der Waals surface area contributed by atoms with Crippen LogP contribution in [0.15, 0.2) is 60.9 Å². The molecule has 0 saturated carbocycles. The molecule has 0 unspecified atom stereocenters. The number of nitrogens with zero attached hydrogens (tertiary/aromatic N) is 2. The second-order valence-electron chi connectivity index (χ2n) is 5.07. The van der Waals surface area contributed by atoms with Crippen LogP contribution in [0.25, 0.3) is 11.1 Å². The Morgan fingerprint density at radius 1 is 0.920 bits per heavy atom. The summed E-state index contributed by atoms with van der Waals surface area (Å²) in [6.45, 7) is 0. The predicted octanol–water partition coefficient (Wildman–Crippen LogP) is 4.96. The molecule has 128 valence electrons. The van der Waals surface area contributed by atoms with Crippen LogP contribution in [0, 0.1) is 0 Å². The number of ether oxygens (including phenoxy) is 2. The van der Waals surface area contributed by atoms with Gasteiger partial charge < -0.3 is 9.47 Å². The van der Waals surface area contributed by atoms with E-state index in [1.165, 1.54) is 19.2 Å². The molecule has 25 heavy (non-hydrogen) atoms. The minimum absolute atomic E-state index is 0.259. The summed E-state index contributed by atoms with van der Waals surface area (Å²) in [4.78, 5) is 8.29. The lowest BCUT2D eigenvalue weighted by Gasteiger charge is -2.11. The van der Waals surface area contributed by atoms with E-state index in [-0.39, 0.29) is 11.6 Å². The molecule has 0 atom stereocenters. The highest BCUT2D eigenvalue weighted by molar-refractivity contribution is 5.68. The van der Waals surface area contributed by atoms with E-state index in [4.69, 9.17) is 9.47 Å². The fraction of sp³-hybridized carbons (Fsp3) is 0.111. The number of benzene rings is 1. The standard InChI is InChI=1S/C18H13F3N2O2/c1-24-16-9-4-12(11-23-16)15-3-2-10-22-17(15)25-14-7-5-13(6-8-14)18(19,20)21/h2-11H,1H3. The van der Waals surface area contributed by atoms with E-state index >= 15 is 0 Å². The van der Waals surface area contributed by atoms with Gasteiger partial charge in [0.05, 0.1) is 12.7 Å². The van der Waals surface area contributed by atoms with Crippen molar-refractivity contribution in [2.75, 3.05) is 7.11 Å². The molecule has 0 aliphatic carbocycles. The zero-order valence-corrected chi connectivity index (χ0v) is 13.1. The van der Waals surface area contributed by atoms with E-state index in [1.807, 2.05) is 0 Å². The number of alkyl halides is 3. The van der Waals surface area contributed by atoms with Crippen molar-refractivity contribution < 1.29 is 22.6 Å². The molecule has 0 saturated heterocycles. The van der Waals surface area contributed by atoms with Crippen molar-refractivity contribution in [3.05, 3.63) is 66.5 Å². The van der Waals surface area contributed by atoms with Gasteiger partial charge in [0.15, 0.2) is 0 Å². The molecule has 2 heterocycles. The minimum atomic E-state index is -4.39. The SMILES string of the molecule is COc1ccc(-c2cccnc2Oc2ccc(C(F)(F)F)cc2)cn1. The van der Waals surface area contributed by atoms with Crippen molar-refractivity contribution in [2.24, 2.45) is 0 Å². The Morgan fingerprint density at radius 3 is 2.28 bits per heavy atom. The monoisotopic (exact) mass is 346 g/mol. The normalized spacial score (nSPS) is 11.2. The summed E-state index contributed by atoms with van der Waals surface area (Å²) >= 11 is 0. The Labute approximate surface area is 141 Å². The van der Waals surface area contributed by atoms with Gasteiger partial charge in [0, 0.05) is 29.6 Å². The Bertz CT molecular complexity index is 847. The van der Waals surface area contributed by atoms with E-state index in [1.54, 1.807) is 36.7 Å². The van der Waals surface area contributed by atoms with Crippen molar-refractivity contribution in [3.63, 3.8) is 0 Å². The fourth-order valence-electron chi connectivity index (χ4n) is 2.18. The maximum absolute atomic E-state index is 12.6. The van der Waals surface area contributed by atoms with E-state index in [2.05, 4.69) is 9.97 Å². The summed E-state index contributed by atoms with van der Waals surface area (Å²) in [5, 5.41) is 0. The first-order chi connectivity index (χ1) is 12.0. The lowest BCUT2D eigenvalue weighted by Crippen LogP contribution is -2.04. The topological polar surface area (TPSA) is 44.2 Å². The molecule has 0 bridgehead atoms. The highest BCUT2D eigenvalue weighted by Gasteiger charge is 2.30. The molecule has 7 heteroatoms. The van der Waals surface area contributed by atoms with Gasteiger partial charge in [-0.15, -0.1) is 0 Å². The highest BCUT2D eigenvalue weighted by atomic mass is 19.4. The van der Waals surface area contributed by atoms with Gasteiger partial charge in [0.2, 0.25) is 11.8 Å². The third kappa shape index (κ3) is 3.88. The molecule has 1 aromatic carbocycles. The van der Waals surface area contributed by atoms with Gasteiger partial charge in [-0.2, -0.15) is 13.2 Å². The Balaban J connectivity index is 1.88. The Kier molecular flexibility index (Phi) is 4.56. The summed E-state index contributed by atoms with van der Waals surface area (Å²) in [6, 6.07) is 11.5. The van der Waals surface area contributed by atoms with Crippen LogP contribution >= 0.6 is 0 Å². The molecule has 0 N–H and O–H groups in total. The first kappa shape index (κ1) is 16.8. The van der Waals surface area contributed by atoms with E-state index in [0.717, 1.165) is 17.7 Å². The molecular weight excluding hydrogens is 333 g/mol. The molecule has 4 nitrogen and oxygen atoms in total.